The predicted molar refractivity (Wildman–Crippen MR) is 288 cm³/mol. The Labute approximate surface area is 404 Å². The Bertz CT molecular complexity index is 3570. The van der Waals surface area contributed by atoms with Gasteiger partial charge in [0.1, 0.15) is 0 Å². The number of para-hydroxylation sites is 3. The zero-order chi connectivity index (χ0) is 45.7. The highest BCUT2D eigenvalue weighted by Gasteiger charge is 2.51. The number of anilines is 6. The minimum absolute atomic E-state index is 0.566. The molecule has 0 fully saturated rings. The highest BCUT2D eigenvalue weighted by Crippen LogP contribution is 2.64. The van der Waals surface area contributed by atoms with Crippen LogP contribution in [0.2, 0.25) is 0 Å². The molecule has 1 heterocycles. The SMILES string of the molecule is c1ccc(-c2ccc(-c3ccc(-c4ccc(N(c5ccc(-c6ccccc6)cc5)c5ccc6c(c5)C5(c7ccccc7-6)c6ccccc6N(c6ccccc6)c6ccccc65)cc4)cc3)cc2)cc1. The first-order chi connectivity index (χ1) is 34.2. The van der Waals surface area contributed by atoms with Crippen LogP contribution in [0.15, 0.2) is 279 Å². The van der Waals surface area contributed by atoms with Crippen LogP contribution < -0.4 is 9.80 Å². The zero-order valence-electron chi connectivity index (χ0n) is 38.0. The Hall–Kier alpha value is -8.98. The molecule has 1 aliphatic carbocycles. The van der Waals surface area contributed by atoms with Crippen molar-refractivity contribution in [2.75, 3.05) is 9.80 Å². The summed E-state index contributed by atoms with van der Waals surface area (Å²) in [5.74, 6) is 0. The molecule has 0 saturated heterocycles. The van der Waals surface area contributed by atoms with Crippen molar-refractivity contribution >= 4 is 34.1 Å². The number of hydrogen-bond donors (Lipinski definition) is 0. The summed E-state index contributed by atoms with van der Waals surface area (Å²) in [5.41, 5.74) is 23.5. The van der Waals surface area contributed by atoms with Gasteiger partial charge in [-0.1, -0.05) is 218 Å². The number of benzene rings is 11. The van der Waals surface area contributed by atoms with Gasteiger partial charge in [-0.2, -0.15) is 0 Å². The van der Waals surface area contributed by atoms with Crippen LogP contribution in [0.25, 0.3) is 55.6 Å². The molecular formula is C67H46N2. The van der Waals surface area contributed by atoms with Crippen LogP contribution in [0.4, 0.5) is 34.1 Å². The molecule has 2 aliphatic rings. The van der Waals surface area contributed by atoms with Gasteiger partial charge in [0.15, 0.2) is 0 Å². The molecule has 69 heavy (non-hydrogen) atoms. The van der Waals surface area contributed by atoms with Gasteiger partial charge in [-0.05, 0) is 139 Å². The van der Waals surface area contributed by atoms with Crippen molar-refractivity contribution in [2.45, 2.75) is 5.41 Å². The maximum atomic E-state index is 2.48. The molecule has 0 unspecified atom stereocenters. The van der Waals surface area contributed by atoms with Gasteiger partial charge in [0.2, 0.25) is 0 Å². The lowest BCUT2D eigenvalue weighted by atomic mass is 9.64. The van der Waals surface area contributed by atoms with E-state index in [-0.39, 0.29) is 0 Å². The van der Waals surface area contributed by atoms with Gasteiger partial charge >= 0.3 is 0 Å². The van der Waals surface area contributed by atoms with Gasteiger partial charge < -0.3 is 9.80 Å². The molecule has 13 rings (SSSR count). The first-order valence-corrected chi connectivity index (χ1v) is 23.8. The molecule has 2 nitrogen and oxygen atoms in total. The summed E-state index contributed by atoms with van der Waals surface area (Å²) in [7, 11) is 0. The largest absolute Gasteiger partial charge is 0.310 e. The molecule has 324 valence electrons. The van der Waals surface area contributed by atoms with Gasteiger partial charge in [-0.15, -0.1) is 0 Å². The first-order valence-electron chi connectivity index (χ1n) is 23.8. The third-order valence-electron chi connectivity index (χ3n) is 14.3. The summed E-state index contributed by atoms with van der Waals surface area (Å²) >= 11 is 0. The van der Waals surface area contributed by atoms with E-state index in [0.717, 1.165) is 22.7 Å². The third kappa shape index (κ3) is 6.72. The molecule has 1 spiro atoms. The average molecular weight is 879 g/mol. The molecule has 0 N–H and O–H groups in total. The molecule has 0 aromatic heterocycles. The van der Waals surface area contributed by atoms with Crippen molar-refractivity contribution in [1.29, 1.82) is 0 Å². The van der Waals surface area contributed by atoms with E-state index < -0.39 is 5.41 Å². The van der Waals surface area contributed by atoms with E-state index in [9.17, 15) is 0 Å². The van der Waals surface area contributed by atoms with Gasteiger partial charge in [0, 0.05) is 22.7 Å². The second-order valence-corrected chi connectivity index (χ2v) is 18.0. The van der Waals surface area contributed by atoms with E-state index in [4.69, 9.17) is 0 Å². The van der Waals surface area contributed by atoms with Crippen LogP contribution >= 0.6 is 0 Å². The molecule has 0 radical (unpaired) electrons. The summed E-state index contributed by atoms with van der Waals surface area (Å²) in [4.78, 5) is 4.87. The molecule has 11 aromatic carbocycles. The standard InChI is InChI=1S/C67H46N2/c1-4-16-47(17-5-1)49-28-30-50(31-29-49)51-32-34-52(35-33-51)54-38-42-57(43-39-54)68(56-40-36-53(37-41-56)48-18-6-2-7-19-48)58-44-45-60-59-22-10-11-23-61(59)67(64(60)46-58)62-24-12-14-26-65(62)69(55-20-8-3-9-21-55)66-27-15-13-25-63(66)67/h1-46H. The van der Waals surface area contributed by atoms with Crippen molar-refractivity contribution in [1.82, 2.24) is 0 Å². The summed E-state index contributed by atoms with van der Waals surface area (Å²) in [6.45, 7) is 0. The fourth-order valence-electron chi connectivity index (χ4n) is 11.1. The lowest BCUT2D eigenvalue weighted by Gasteiger charge is -2.45. The fourth-order valence-corrected chi connectivity index (χ4v) is 11.1. The average Bonchev–Trinajstić information content (AvgIpc) is 3.72. The first kappa shape index (κ1) is 40.3. The Kier molecular flexibility index (Phi) is 9.77. The molecule has 0 saturated carbocycles. The Morgan fingerprint density at radius 3 is 1.04 bits per heavy atom. The molecule has 0 atom stereocenters. The van der Waals surface area contributed by atoms with Crippen molar-refractivity contribution < 1.29 is 0 Å². The Balaban J connectivity index is 0.929. The van der Waals surface area contributed by atoms with Crippen LogP contribution in [-0.2, 0) is 5.41 Å². The topological polar surface area (TPSA) is 6.48 Å². The molecule has 11 aromatic rings. The van der Waals surface area contributed by atoms with E-state index >= 15 is 0 Å². The number of nitrogens with zero attached hydrogens (tertiary/aromatic N) is 2. The third-order valence-corrected chi connectivity index (χ3v) is 14.3. The number of hydrogen-bond acceptors (Lipinski definition) is 2. The van der Waals surface area contributed by atoms with Gasteiger partial charge in [0.05, 0.1) is 16.8 Å². The second-order valence-electron chi connectivity index (χ2n) is 18.0. The molecule has 1 aliphatic heterocycles. The minimum atomic E-state index is -0.566. The van der Waals surface area contributed by atoms with Crippen LogP contribution in [0, 0.1) is 0 Å². The van der Waals surface area contributed by atoms with Gasteiger partial charge in [-0.25, -0.2) is 0 Å². The molecule has 2 heteroatoms. The predicted octanol–water partition coefficient (Wildman–Crippen LogP) is 18.0. The summed E-state index contributed by atoms with van der Waals surface area (Å²) in [5, 5.41) is 0. The van der Waals surface area contributed by atoms with Crippen molar-refractivity contribution in [2.24, 2.45) is 0 Å². The van der Waals surface area contributed by atoms with Crippen LogP contribution in [0.3, 0.4) is 0 Å². The monoisotopic (exact) mass is 878 g/mol. The lowest BCUT2D eigenvalue weighted by molar-refractivity contribution is 0.752. The van der Waals surface area contributed by atoms with E-state index in [1.54, 1.807) is 0 Å². The summed E-state index contributed by atoms with van der Waals surface area (Å²) in [6, 6.07) is 102. The van der Waals surface area contributed by atoms with E-state index in [1.807, 2.05) is 0 Å². The highest BCUT2D eigenvalue weighted by molar-refractivity contribution is 5.97. The van der Waals surface area contributed by atoms with E-state index in [1.165, 1.54) is 89.3 Å². The molecular weight excluding hydrogens is 833 g/mol. The Morgan fingerprint density at radius 2 is 0.580 bits per heavy atom. The van der Waals surface area contributed by atoms with Crippen molar-refractivity contribution in [3.8, 4) is 55.6 Å². The van der Waals surface area contributed by atoms with Crippen LogP contribution in [0.1, 0.15) is 22.3 Å². The van der Waals surface area contributed by atoms with Crippen molar-refractivity contribution in [3.63, 3.8) is 0 Å². The normalized spacial score (nSPS) is 12.7. The fraction of sp³-hybridized carbons (Fsp3) is 0.0149. The summed E-state index contributed by atoms with van der Waals surface area (Å²) < 4.78 is 0. The van der Waals surface area contributed by atoms with Gasteiger partial charge in [0.25, 0.3) is 0 Å². The van der Waals surface area contributed by atoms with Crippen LogP contribution in [0.5, 0.6) is 0 Å². The van der Waals surface area contributed by atoms with Gasteiger partial charge in [-0.3, -0.25) is 0 Å². The van der Waals surface area contributed by atoms with E-state index in [2.05, 4.69) is 289 Å². The van der Waals surface area contributed by atoms with E-state index in [0.29, 0.717) is 0 Å². The zero-order valence-corrected chi connectivity index (χ0v) is 38.0. The minimum Gasteiger partial charge on any atom is -0.310 e. The second kappa shape index (κ2) is 16.7. The van der Waals surface area contributed by atoms with Crippen molar-refractivity contribution in [3.05, 3.63) is 301 Å². The molecule has 0 amide bonds. The Morgan fingerprint density at radius 1 is 0.246 bits per heavy atom. The smallest absolute Gasteiger partial charge is 0.0755 e. The maximum Gasteiger partial charge on any atom is 0.0755 e. The quantitative estimate of drug-likeness (QED) is 0.150. The summed E-state index contributed by atoms with van der Waals surface area (Å²) in [6.07, 6.45) is 0. The highest BCUT2D eigenvalue weighted by atomic mass is 15.2. The number of fused-ring (bicyclic) bond motifs is 9. The lowest BCUT2D eigenvalue weighted by Crippen LogP contribution is -2.36. The number of rotatable bonds is 8. The van der Waals surface area contributed by atoms with Crippen LogP contribution in [-0.4, -0.2) is 0 Å². The maximum absolute atomic E-state index is 2.48. The molecule has 0 bridgehead atoms.